The standard InChI is InChI=1S/C9H11N3O2.ClH/c1-9(11,8(10)14)7(13)6-4-2-3-5-12-6;/h2-5H,11H2,1H3,(H2,10,14);1H. The summed E-state index contributed by atoms with van der Waals surface area (Å²) < 4.78 is 0. The van der Waals surface area contributed by atoms with Crippen LogP contribution in [0.4, 0.5) is 0 Å². The Kier molecular flexibility index (Phi) is 4.39. The van der Waals surface area contributed by atoms with Crippen molar-refractivity contribution < 1.29 is 9.59 Å². The van der Waals surface area contributed by atoms with Crippen LogP contribution in [0.3, 0.4) is 0 Å². The van der Waals surface area contributed by atoms with E-state index in [0.717, 1.165) is 0 Å². The number of ketones is 1. The van der Waals surface area contributed by atoms with Crippen LogP contribution < -0.4 is 11.5 Å². The molecule has 0 saturated heterocycles. The molecule has 82 valence electrons. The molecule has 0 aliphatic rings. The fraction of sp³-hybridized carbons (Fsp3) is 0.222. The van der Waals surface area contributed by atoms with Gasteiger partial charge < -0.3 is 11.5 Å². The van der Waals surface area contributed by atoms with Gasteiger partial charge in [0.1, 0.15) is 5.69 Å². The Hall–Kier alpha value is -1.46. The Bertz CT molecular complexity index is 365. The molecule has 1 atom stereocenters. The Labute approximate surface area is 93.3 Å². The highest BCUT2D eigenvalue weighted by Gasteiger charge is 2.36. The maximum atomic E-state index is 11.6. The normalized spacial score (nSPS) is 13.5. The number of carbonyl (C=O) groups is 2. The first kappa shape index (κ1) is 13.5. The van der Waals surface area contributed by atoms with Gasteiger partial charge in [-0.1, -0.05) is 6.07 Å². The van der Waals surface area contributed by atoms with Crippen molar-refractivity contribution in [3.63, 3.8) is 0 Å². The van der Waals surface area contributed by atoms with Gasteiger partial charge in [0.15, 0.2) is 5.54 Å². The van der Waals surface area contributed by atoms with Gasteiger partial charge in [0.05, 0.1) is 0 Å². The zero-order valence-corrected chi connectivity index (χ0v) is 8.95. The van der Waals surface area contributed by atoms with Crippen molar-refractivity contribution in [2.24, 2.45) is 11.5 Å². The van der Waals surface area contributed by atoms with Crippen LogP contribution in [-0.2, 0) is 4.79 Å². The largest absolute Gasteiger partial charge is 0.368 e. The lowest BCUT2D eigenvalue weighted by atomic mass is 9.94. The summed E-state index contributed by atoms with van der Waals surface area (Å²) in [6.45, 7) is 1.27. The lowest BCUT2D eigenvalue weighted by Crippen LogP contribution is -2.55. The SMILES string of the molecule is CC(N)(C(N)=O)C(=O)c1ccccn1.Cl. The second-order valence-electron chi connectivity index (χ2n) is 3.11. The van der Waals surface area contributed by atoms with E-state index in [0.29, 0.717) is 0 Å². The van der Waals surface area contributed by atoms with Crippen molar-refractivity contribution in [3.05, 3.63) is 30.1 Å². The molecule has 0 bridgehead atoms. The summed E-state index contributed by atoms with van der Waals surface area (Å²) in [5.74, 6) is -1.45. The molecule has 0 saturated carbocycles. The van der Waals surface area contributed by atoms with Crippen LogP contribution >= 0.6 is 12.4 Å². The Balaban J connectivity index is 0.00000196. The molecule has 0 fully saturated rings. The molecule has 6 heteroatoms. The van der Waals surface area contributed by atoms with Crippen molar-refractivity contribution in [1.82, 2.24) is 4.98 Å². The fourth-order valence-electron chi connectivity index (χ4n) is 0.875. The molecule has 1 amide bonds. The molecule has 1 rings (SSSR count). The van der Waals surface area contributed by atoms with Crippen LogP contribution in [0, 0.1) is 0 Å². The van der Waals surface area contributed by atoms with E-state index in [2.05, 4.69) is 4.98 Å². The van der Waals surface area contributed by atoms with Crippen molar-refractivity contribution >= 4 is 24.1 Å². The third-order valence-electron chi connectivity index (χ3n) is 1.88. The minimum Gasteiger partial charge on any atom is -0.368 e. The molecule has 1 aromatic heterocycles. The quantitative estimate of drug-likeness (QED) is 0.558. The van der Waals surface area contributed by atoms with E-state index >= 15 is 0 Å². The number of nitrogens with zero attached hydrogens (tertiary/aromatic N) is 1. The average molecular weight is 230 g/mol. The van der Waals surface area contributed by atoms with Gasteiger partial charge in [-0.2, -0.15) is 0 Å². The van der Waals surface area contributed by atoms with E-state index in [1.165, 1.54) is 19.2 Å². The summed E-state index contributed by atoms with van der Waals surface area (Å²) >= 11 is 0. The smallest absolute Gasteiger partial charge is 0.245 e. The van der Waals surface area contributed by atoms with Crippen LogP contribution in [0.1, 0.15) is 17.4 Å². The van der Waals surface area contributed by atoms with E-state index in [9.17, 15) is 9.59 Å². The molecule has 0 spiro atoms. The van der Waals surface area contributed by atoms with Gasteiger partial charge in [0.2, 0.25) is 11.7 Å². The second-order valence-corrected chi connectivity index (χ2v) is 3.11. The number of nitrogens with two attached hydrogens (primary N) is 2. The van der Waals surface area contributed by atoms with Crippen molar-refractivity contribution in [3.8, 4) is 0 Å². The van der Waals surface area contributed by atoms with E-state index in [1.807, 2.05) is 0 Å². The van der Waals surface area contributed by atoms with Crippen LogP contribution in [-0.4, -0.2) is 22.2 Å². The monoisotopic (exact) mass is 229 g/mol. The lowest BCUT2D eigenvalue weighted by molar-refractivity contribution is -0.121. The van der Waals surface area contributed by atoms with Gasteiger partial charge in [0, 0.05) is 6.20 Å². The van der Waals surface area contributed by atoms with Crippen LogP contribution in [0.5, 0.6) is 0 Å². The lowest BCUT2D eigenvalue weighted by Gasteiger charge is -2.17. The molecule has 1 heterocycles. The molecular formula is C9H12ClN3O2. The van der Waals surface area contributed by atoms with Gasteiger partial charge in [-0.25, -0.2) is 0 Å². The van der Waals surface area contributed by atoms with Gasteiger partial charge in [-0.15, -0.1) is 12.4 Å². The third kappa shape index (κ3) is 2.74. The van der Waals surface area contributed by atoms with E-state index < -0.39 is 17.2 Å². The van der Waals surface area contributed by atoms with E-state index in [4.69, 9.17) is 11.5 Å². The Morgan fingerprint density at radius 2 is 2.00 bits per heavy atom. The number of carbonyl (C=O) groups excluding carboxylic acids is 2. The molecular weight excluding hydrogens is 218 g/mol. The summed E-state index contributed by atoms with van der Waals surface area (Å²) in [5.41, 5.74) is 8.90. The highest BCUT2D eigenvalue weighted by molar-refractivity contribution is 6.16. The number of primary amides is 1. The number of halogens is 1. The molecule has 0 aromatic carbocycles. The number of Topliss-reactive ketones (excluding diaryl/α,β-unsaturated/α-hetero) is 1. The van der Waals surface area contributed by atoms with E-state index in [1.54, 1.807) is 12.1 Å². The number of aromatic nitrogens is 1. The van der Waals surface area contributed by atoms with Crippen molar-refractivity contribution in [2.45, 2.75) is 12.5 Å². The van der Waals surface area contributed by atoms with Gasteiger partial charge in [0.25, 0.3) is 0 Å². The second kappa shape index (κ2) is 4.86. The first-order valence-corrected chi connectivity index (χ1v) is 4.01. The summed E-state index contributed by atoms with van der Waals surface area (Å²) in [6, 6.07) is 4.78. The maximum absolute atomic E-state index is 11.6. The fourth-order valence-corrected chi connectivity index (χ4v) is 0.875. The predicted molar refractivity (Wildman–Crippen MR) is 57.6 cm³/mol. The number of pyridine rings is 1. The molecule has 0 aliphatic carbocycles. The minimum atomic E-state index is -1.70. The Morgan fingerprint density at radius 3 is 2.40 bits per heavy atom. The number of amides is 1. The summed E-state index contributed by atoms with van der Waals surface area (Å²) in [6.07, 6.45) is 1.45. The highest BCUT2D eigenvalue weighted by Crippen LogP contribution is 2.07. The van der Waals surface area contributed by atoms with E-state index in [-0.39, 0.29) is 18.1 Å². The van der Waals surface area contributed by atoms with Crippen molar-refractivity contribution in [2.75, 3.05) is 0 Å². The molecule has 15 heavy (non-hydrogen) atoms. The minimum absolute atomic E-state index is 0. The van der Waals surface area contributed by atoms with Crippen molar-refractivity contribution in [1.29, 1.82) is 0 Å². The van der Waals surface area contributed by atoms with Gasteiger partial charge >= 0.3 is 0 Å². The Morgan fingerprint density at radius 1 is 1.40 bits per heavy atom. The molecule has 1 unspecified atom stereocenters. The number of hydrogen-bond acceptors (Lipinski definition) is 4. The molecule has 0 aliphatic heterocycles. The highest BCUT2D eigenvalue weighted by atomic mass is 35.5. The summed E-state index contributed by atoms with van der Waals surface area (Å²) in [4.78, 5) is 26.3. The van der Waals surface area contributed by atoms with Gasteiger partial charge in [-0.05, 0) is 19.1 Å². The first-order chi connectivity index (χ1) is 6.46. The van der Waals surface area contributed by atoms with Gasteiger partial charge in [-0.3, -0.25) is 14.6 Å². The maximum Gasteiger partial charge on any atom is 0.245 e. The zero-order chi connectivity index (χ0) is 10.8. The van der Waals surface area contributed by atoms with Crippen LogP contribution in [0.2, 0.25) is 0 Å². The predicted octanol–water partition coefficient (Wildman–Crippen LogP) is -0.111. The van der Waals surface area contributed by atoms with Crippen LogP contribution in [0.25, 0.3) is 0 Å². The summed E-state index contributed by atoms with van der Waals surface area (Å²) in [7, 11) is 0. The molecule has 5 nitrogen and oxygen atoms in total. The molecule has 0 radical (unpaired) electrons. The topological polar surface area (TPSA) is 99.1 Å². The third-order valence-corrected chi connectivity index (χ3v) is 1.88. The molecule has 1 aromatic rings. The average Bonchev–Trinajstić information content (AvgIpc) is 2.17. The zero-order valence-electron chi connectivity index (χ0n) is 8.14. The van der Waals surface area contributed by atoms with Crippen LogP contribution in [0.15, 0.2) is 24.4 Å². The molecule has 4 N–H and O–H groups in total. The summed E-state index contributed by atoms with van der Waals surface area (Å²) in [5, 5.41) is 0. The first-order valence-electron chi connectivity index (χ1n) is 4.01. The number of rotatable bonds is 3. The number of hydrogen-bond donors (Lipinski definition) is 2.